The summed E-state index contributed by atoms with van der Waals surface area (Å²) in [6, 6.07) is 10.1. The van der Waals surface area contributed by atoms with Crippen molar-refractivity contribution in [2.24, 2.45) is 0 Å². The van der Waals surface area contributed by atoms with Crippen LogP contribution in [-0.4, -0.2) is 19.1 Å². The predicted octanol–water partition coefficient (Wildman–Crippen LogP) is 4.41. The zero-order valence-electron chi connectivity index (χ0n) is 11.6. The molecular formula is C16H13Cl2NO3. The molecule has 0 bridgehead atoms. The van der Waals surface area contributed by atoms with Crippen molar-refractivity contribution in [2.75, 3.05) is 18.5 Å². The van der Waals surface area contributed by atoms with E-state index < -0.39 is 0 Å². The van der Waals surface area contributed by atoms with Gasteiger partial charge in [-0.15, -0.1) is 0 Å². The van der Waals surface area contributed by atoms with Crippen LogP contribution in [0, 0.1) is 0 Å². The van der Waals surface area contributed by atoms with Crippen LogP contribution in [0.2, 0.25) is 10.0 Å². The standard InChI is InChI=1S/C16H13Cl2NO3/c17-11-2-4-12(5-3-11)19-16(20)10-8-13(18)15-14(9-10)21-6-1-7-22-15/h2-5,8-9H,1,6-7H2,(H,19,20). The molecule has 0 saturated heterocycles. The van der Waals surface area contributed by atoms with Crippen molar-refractivity contribution in [3.8, 4) is 11.5 Å². The van der Waals surface area contributed by atoms with Gasteiger partial charge in [0.05, 0.1) is 18.2 Å². The summed E-state index contributed by atoms with van der Waals surface area (Å²) in [4.78, 5) is 12.3. The molecule has 0 fully saturated rings. The normalized spacial score (nSPS) is 13.4. The Balaban J connectivity index is 1.85. The third-order valence-electron chi connectivity index (χ3n) is 3.17. The number of benzene rings is 2. The number of hydrogen-bond acceptors (Lipinski definition) is 3. The molecule has 1 N–H and O–H groups in total. The van der Waals surface area contributed by atoms with Crippen molar-refractivity contribution in [3.05, 3.63) is 52.0 Å². The van der Waals surface area contributed by atoms with Gasteiger partial charge in [-0.1, -0.05) is 23.2 Å². The summed E-state index contributed by atoms with van der Waals surface area (Å²) in [6.45, 7) is 1.08. The van der Waals surface area contributed by atoms with Crippen LogP contribution in [0.15, 0.2) is 36.4 Å². The lowest BCUT2D eigenvalue weighted by atomic mass is 10.1. The first-order chi connectivity index (χ1) is 10.6. The monoisotopic (exact) mass is 337 g/mol. The van der Waals surface area contributed by atoms with Gasteiger partial charge >= 0.3 is 0 Å². The minimum absolute atomic E-state index is 0.278. The van der Waals surface area contributed by atoms with Crippen molar-refractivity contribution >= 4 is 34.8 Å². The highest BCUT2D eigenvalue weighted by Gasteiger charge is 2.18. The lowest BCUT2D eigenvalue weighted by molar-refractivity contribution is 0.102. The Hall–Kier alpha value is -1.91. The molecule has 1 aliphatic rings. The third-order valence-corrected chi connectivity index (χ3v) is 3.70. The topological polar surface area (TPSA) is 47.6 Å². The van der Waals surface area contributed by atoms with E-state index in [4.69, 9.17) is 32.7 Å². The predicted molar refractivity (Wildman–Crippen MR) is 86.5 cm³/mol. The first-order valence-corrected chi connectivity index (χ1v) is 7.55. The maximum atomic E-state index is 12.3. The van der Waals surface area contributed by atoms with E-state index in [0.717, 1.165) is 6.42 Å². The van der Waals surface area contributed by atoms with Crippen LogP contribution in [-0.2, 0) is 0 Å². The summed E-state index contributed by atoms with van der Waals surface area (Å²) < 4.78 is 11.1. The van der Waals surface area contributed by atoms with Gasteiger partial charge in [-0.05, 0) is 36.4 Å². The minimum atomic E-state index is -0.278. The largest absolute Gasteiger partial charge is 0.489 e. The summed E-state index contributed by atoms with van der Waals surface area (Å²) in [5.41, 5.74) is 1.06. The van der Waals surface area contributed by atoms with E-state index in [1.54, 1.807) is 36.4 Å². The number of rotatable bonds is 2. The van der Waals surface area contributed by atoms with Crippen LogP contribution in [0.5, 0.6) is 11.5 Å². The van der Waals surface area contributed by atoms with Crippen LogP contribution >= 0.6 is 23.2 Å². The Bertz CT molecular complexity index is 701. The number of ether oxygens (including phenoxy) is 2. The molecule has 2 aromatic carbocycles. The van der Waals surface area contributed by atoms with Gasteiger partial charge in [0.2, 0.25) is 0 Å². The van der Waals surface area contributed by atoms with Crippen molar-refractivity contribution in [1.29, 1.82) is 0 Å². The van der Waals surface area contributed by atoms with E-state index in [2.05, 4.69) is 5.32 Å². The fourth-order valence-electron chi connectivity index (χ4n) is 2.10. The second kappa shape index (κ2) is 6.46. The van der Waals surface area contributed by atoms with Crippen molar-refractivity contribution in [1.82, 2.24) is 0 Å². The number of nitrogens with one attached hydrogen (secondary N) is 1. The van der Waals surface area contributed by atoms with Crippen molar-refractivity contribution in [2.45, 2.75) is 6.42 Å². The maximum Gasteiger partial charge on any atom is 0.255 e. The molecule has 4 nitrogen and oxygen atoms in total. The number of carbonyl (C=O) groups excluding carboxylic acids is 1. The van der Waals surface area contributed by atoms with E-state index in [9.17, 15) is 4.79 Å². The second-order valence-electron chi connectivity index (χ2n) is 4.80. The molecule has 0 aliphatic carbocycles. The molecule has 114 valence electrons. The highest BCUT2D eigenvalue weighted by Crippen LogP contribution is 2.38. The number of hydrogen-bond donors (Lipinski definition) is 1. The van der Waals surface area contributed by atoms with Gasteiger partial charge in [-0.2, -0.15) is 0 Å². The molecule has 6 heteroatoms. The van der Waals surface area contributed by atoms with Crippen molar-refractivity contribution in [3.63, 3.8) is 0 Å². The summed E-state index contributed by atoms with van der Waals surface area (Å²) in [5.74, 6) is 0.702. The van der Waals surface area contributed by atoms with Crippen LogP contribution in [0.4, 0.5) is 5.69 Å². The van der Waals surface area contributed by atoms with Crippen LogP contribution in [0.1, 0.15) is 16.8 Å². The van der Waals surface area contributed by atoms with Gasteiger partial charge in [0, 0.05) is 22.7 Å². The Morgan fingerprint density at radius 3 is 2.55 bits per heavy atom. The van der Waals surface area contributed by atoms with E-state index in [1.807, 2.05) is 0 Å². The molecule has 1 aliphatic heterocycles. The highest BCUT2D eigenvalue weighted by atomic mass is 35.5. The summed E-state index contributed by atoms with van der Waals surface area (Å²) in [7, 11) is 0. The quantitative estimate of drug-likeness (QED) is 0.882. The zero-order chi connectivity index (χ0) is 15.5. The molecule has 0 spiro atoms. The summed E-state index contributed by atoms with van der Waals surface area (Å²) in [6.07, 6.45) is 0.775. The summed E-state index contributed by atoms with van der Waals surface area (Å²) in [5, 5.41) is 3.75. The minimum Gasteiger partial charge on any atom is -0.489 e. The van der Waals surface area contributed by atoms with Crippen molar-refractivity contribution < 1.29 is 14.3 Å². The lowest BCUT2D eigenvalue weighted by Gasteiger charge is -2.12. The highest BCUT2D eigenvalue weighted by molar-refractivity contribution is 6.33. The number of halogens is 2. The van der Waals surface area contributed by atoms with E-state index in [0.29, 0.717) is 46.0 Å². The first kappa shape index (κ1) is 15.0. The SMILES string of the molecule is O=C(Nc1ccc(Cl)cc1)c1cc(Cl)c2c(c1)OCCCO2. The average Bonchev–Trinajstić information content (AvgIpc) is 2.75. The number of amides is 1. The Morgan fingerprint density at radius 1 is 1.05 bits per heavy atom. The Labute approximate surface area is 137 Å². The van der Waals surface area contributed by atoms with Crippen LogP contribution in [0.25, 0.3) is 0 Å². The average molecular weight is 338 g/mol. The summed E-state index contributed by atoms with van der Waals surface area (Å²) >= 11 is 12.0. The van der Waals surface area contributed by atoms with E-state index in [1.165, 1.54) is 0 Å². The van der Waals surface area contributed by atoms with Crippen LogP contribution < -0.4 is 14.8 Å². The number of carbonyl (C=O) groups is 1. The smallest absolute Gasteiger partial charge is 0.255 e. The molecule has 22 heavy (non-hydrogen) atoms. The fraction of sp³-hybridized carbons (Fsp3) is 0.188. The molecule has 1 heterocycles. The first-order valence-electron chi connectivity index (χ1n) is 6.79. The van der Waals surface area contributed by atoms with E-state index in [-0.39, 0.29) is 5.91 Å². The van der Waals surface area contributed by atoms with Crippen LogP contribution in [0.3, 0.4) is 0 Å². The van der Waals surface area contributed by atoms with Gasteiger partial charge in [0.15, 0.2) is 11.5 Å². The molecule has 1 amide bonds. The maximum absolute atomic E-state index is 12.3. The van der Waals surface area contributed by atoms with Gasteiger partial charge in [-0.25, -0.2) is 0 Å². The molecule has 0 unspecified atom stereocenters. The zero-order valence-corrected chi connectivity index (χ0v) is 13.1. The van der Waals surface area contributed by atoms with Gasteiger partial charge in [0.25, 0.3) is 5.91 Å². The molecular weight excluding hydrogens is 325 g/mol. The van der Waals surface area contributed by atoms with Gasteiger partial charge in [0.1, 0.15) is 0 Å². The third kappa shape index (κ3) is 3.29. The fourth-order valence-corrected chi connectivity index (χ4v) is 2.49. The molecule has 0 saturated carbocycles. The number of anilines is 1. The molecule has 3 rings (SSSR count). The Kier molecular flexibility index (Phi) is 4.41. The lowest BCUT2D eigenvalue weighted by Crippen LogP contribution is -2.12. The molecule has 0 radical (unpaired) electrons. The Morgan fingerprint density at radius 2 is 1.77 bits per heavy atom. The number of fused-ring (bicyclic) bond motifs is 1. The van der Waals surface area contributed by atoms with E-state index >= 15 is 0 Å². The van der Waals surface area contributed by atoms with Gasteiger partial charge < -0.3 is 14.8 Å². The molecule has 0 atom stereocenters. The van der Waals surface area contributed by atoms with Gasteiger partial charge in [-0.3, -0.25) is 4.79 Å². The second-order valence-corrected chi connectivity index (χ2v) is 5.64. The molecule has 2 aromatic rings. The molecule has 0 aromatic heterocycles.